The number of nitrogen functional groups attached to an aromatic ring is 1. The molecule has 0 bridgehead atoms. The third kappa shape index (κ3) is 4.64. The van der Waals surface area contributed by atoms with E-state index in [4.69, 9.17) is 15.2 Å². The monoisotopic (exact) mass is 436 g/mol. The summed E-state index contributed by atoms with van der Waals surface area (Å²) >= 11 is 0. The molecule has 1 aromatic carbocycles. The van der Waals surface area contributed by atoms with Gasteiger partial charge in [-0.3, -0.25) is 4.79 Å². The number of aromatic nitrogens is 7. The number of benzene rings is 1. The van der Waals surface area contributed by atoms with Crippen LogP contribution in [0.4, 0.5) is 10.2 Å². The van der Waals surface area contributed by atoms with E-state index < -0.39 is 11.8 Å². The van der Waals surface area contributed by atoms with Crippen LogP contribution in [0.3, 0.4) is 0 Å². The Balaban J connectivity index is 1.49. The van der Waals surface area contributed by atoms with E-state index in [0.29, 0.717) is 29.0 Å². The van der Waals surface area contributed by atoms with Gasteiger partial charge in [-0.2, -0.15) is 5.21 Å². The Morgan fingerprint density at radius 1 is 1.12 bits per heavy atom. The summed E-state index contributed by atoms with van der Waals surface area (Å²) in [5.74, 6) is -0.781. The summed E-state index contributed by atoms with van der Waals surface area (Å²) in [7, 11) is 0. The molecule has 0 aliphatic heterocycles. The standard InChI is InChI=1S/C20H17FN8O3/c1-2-3-16(30)32-20-17(22)23-10-15(25-20)11-4-6-13(7-5-11)31-19-14(21)8-12(9-24-19)18-26-28-29-27-18/h4-10H,2-3H2,1H3,(H2,22,23)(H,26,27,28,29). The molecule has 0 fully saturated rings. The highest BCUT2D eigenvalue weighted by Gasteiger charge is 2.14. The maximum absolute atomic E-state index is 14.4. The van der Waals surface area contributed by atoms with Crippen LogP contribution < -0.4 is 15.2 Å². The van der Waals surface area contributed by atoms with Crippen LogP contribution in [-0.2, 0) is 4.79 Å². The predicted octanol–water partition coefficient (Wildman–Crippen LogP) is 2.94. The molecular weight excluding hydrogens is 419 g/mol. The Bertz CT molecular complexity index is 1230. The Labute approximate surface area is 180 Å². The van der Waals surface area contributed by atoms with Crippen LogP contribution in [0.5, 0.6) is 17.5 Å². The fourth-order valence-electron chi connectivity index (χ4n) is 2.67. The molecule has 0 saturated carbocycles. The minimum absolute atomic E-state index is 0.0176. The number of hydrogen-bond donors (Lipinski definition) is 2. The maximum Gasteiger partial charge on any atom is 0.312 e. The number of pyridine rings is 1. The molecular formula is C20H17FN8O3. The summed E-state index contributed by atoms with van der Waals surface area (Å²) in [6.45, 7) is 1.86. The number of esters is 1. The number of H-pyrrole nitrogens is 1. The van der Waals surface area contributed by atoms with Crippen molar-refractivity contribution in [1.82, 2.24) is 35.6 Å². The number of aromatic amines is 1. The fourth-order valence-corrected chi connectivity index (χ4v) is 2.67. The molecule has 3 aromatic heterocycles. The number of nitrogens with zero attached hydrogens (tertiary/aromatic N) is 6. The van der Waals surface area contributed by atoms with Gasteiger partial charge in [0.1, 0.15) is 5.75 Å². The van der Waals surface area contributed by atoms with E-state index in [1.807, 2.05) is 6.92 Å². The van der Waals surface area contributed by atoms with Crippen molar-refractivity contribution in [2.45, 2.75) is 19.8 Å². The number of anilines is 1. The van der Waals surface area contributed by atoms with Gasteiger partial charge >= 0.3 is 5.97 Å². The summed E-state index contributed by atoms with van der Waals surface area (Å²) < 4.78 is 25.1. The van der Waals surface area contributed by atoms with E-state index in [0.717, 1.165) is 0 Å². The van der Waals surface area contributed by atoms with E-state index in [-0.39, 0.29) is 29.8 Å². The molecule has 0 spiro atoms. The molecule has 12 heteroatoms. The number of nitrogens with two attached hydrogens (primary N) is 1. The van der Waals surface area contributed by atoms with Gasteiger partial charge in [-0.25, -0.2) is 19.3 Å². The van der Waals surface area contributed by atoms with E-state index >= 15 is 0 Å². The molecule has 0 amide bonds. The highest BCUT2D eigenvalue weighted by Crippen LogP contribution is 2.28. The van der Waals surface area contributed by atoms with Gasteiger partial charge < -0.3 is 15.2 Å². The Kier molecular flexibility index (Phi) is 5.92. The van der Waals surface area contributed by atoms with Crippen molar-refractivity contribution in [1.29, 1.82) is 0 Å². The van der Waals surface area contributed by atoms with Crippen LogP contribution in [0, 0.1) is 5.82 Å². The summed E-state index contributed by atoms with van der Waals surface area (Å²) in [4.78, 5) is 24.0. The van der Waals surface area contributed by atoms with E-state index in [1.54, 1.807) is 24.3 Å². The number of halogens is 1. The summed E-state index contributed by atoms with van der Waals surface area (Å²) in [5.41, 5.74) is 7.22. The van der Waals surface area contributed by atoms with E-state index in [1.165, 1.54) is 18.5 Å². The second-order valence-corrected chi connectivity index (χ2v) is 6.54. The maximum atomic E-state index is 14.4. The third-order valence-corrected chi connectivity index (χ3v) is 4.21. The lowest BCUT2D eigenvalue weighted by Crippen LogP contribution is -2.11. The second kappa shape index (κ2) is 9.12. The van der Waals surface area contributed by atoms with Crippen molar-refractivity contribution < 1.29 is 18.7 Å². The average Bonchev–Trinajstić information content (AvgIpc) is 3.32. The molecule has 162 valence electrons. The molecule has 32 heavy (non-hydrogen) atoms. The number of hydrogen-bond acceptors (Lipinski definition) is 10. The lowest BCUT2D eigenvalue weighted by atomic mass is 10.1. The minimum Gasteiger partial charge on any atom is -0.436 e. The van der Waals surface area contributed by atoms with Gasteiger partial charge in [-0.1, -0.05) is 6.92 Å². The molecule has 3 heterocycles. The zero-order valence-electron chi connectivity index (χ0n) is 16.8. The van der Waals surface area contributed by atoms with Crippen molar-refractivity contribution in [2.75, 3.05) is 5.73 Å². The number of carbonyl (C=O) groups excluding carboxylic acids is 1. The number of carbonyl (C=O) groups is 1. The summed E-state index contributed by atoms with van der Waals surface area (Å²) in [6.07, 6.45) is 3.73. The summed E-state index contributed by atoms with van der Waals surface area (Å²) in [6, 6.07) is 7.82. The van der Waals surface area contributed by atoms with Crippen molar-refractivity contribution >= 4 is 11.8 Å². The van der Waals surface area contributed by atoms with E-state index in [9.17, 15) is 9.18 Å². The quantitative estimate of drug-likeness (QED) is 0.413. The first-order chi connectivity index (χ1) is 15.5. The van der Waals surface area contributed by atoms with Crippen LogP contribution in [0.1, 0.15) is 19.8 Å². The molecule has 0 aliphatic rings. The molecule has 4 rings (SSSR count). The Hall–Kier alpha value is -4.48. The Morgan fingerprint density at radius 2 is 1.94 bits per heavy atom. The first-order valence-electron chi connectivity index (χ1n) is 9.54. The molecule has 0 aliphatic carbocycles. The Morgan fingerprint density at radius 3 is 2.62 bits per heavy atom. The van der Waals surface area contributed by atoms with E-state index in [2.05, 4.69) is 35.6 Å². The van der Waals surface area contributed by atoms with Crippen LogP contribution >= 0.6 is 0 Å². The highest BCUT2D eigenvalue weighted by atomic mass is 19.1. The van der Waals surface area contributed by atoms with Crippen LogP contribution in [0.15, 0.2) is 42.7 Å². The van der Waals surface area contributed by atoms with Crippen LogP contribution in [0.2, 0.25) is 0 Å². The van der Waals surface area contributed by atoms with Crippen molar-refractivity contribution in [3.63, 3.8) is 0 Å². The van der Waals surface area contributed by atoms with Gasteiger partial charge in [0.25, 0.3) is 11.8 Å². The van der Waals surface area contributed by atoms with Crippen molar-refractivity contribution in [3.8, 4) is 40.2 Å². The van der Waals surface area contributed by atoms with Crippen molar-refractivity contribution in [2.24, 2.45) is 0 Å². The fraction of sp³-hybridized carbons (Fsp3) is 0.150. The normalized spacial score (nSPS) is 10.7. The smallest absolute Gasteiger partial charge is 0.312 e. The SMILES string of the molecule is CCCC(=O)Oc1nc(-c2ccc(Oc3ncc(-c4nn[nH]n4)cc3F)cc2)cnc1N. The largest absolute Gasteiger partial charge is 0.436 e. The third-order valence-electron chi connectivity index (χ3n) is 4.21. The van der Waals surface area contributed by atoms with Gasteiger partial charge in [0, 0.05) is 23.7 Å². The average molecular weight is 436 g/mol. The first-order valence-corrected chi connectivity index (χ1v) is 9.54. The first kappa shape index (κ1) is 20.8. The lowest BCUT2D eigenvalue weighted by Gasteiger charge is -2.09. The number of tetrazole rings is 1. The summed E-state index contributed by atoms with van der Waals surface area (Å²) in [5, 5.41) is 13.3. The zero-order valence-corrected chi connectivity index (χ0v) is 16.8. The van der Waals surface area contributed by atoms with Gasteiger partial charge in [0.15, 0.2) is 11.6 Å². The number of nitrogens with one attached hydrogen (secondary N) is 1. The molecule has 0 atom stereocenters. The van der Waals surface area contributed by atoms with Gasteiger partial charge in [-0.15, -0.1) is 10.2 Å². The lowest BCUT2D eigenvalue weighted by molar-refractivity contribution is -0.134. The topological polar surface area (TPSA) is 155 Å². The van der Waals surface area contributed by atoms with Crippen LogP contribution in [-0.4, -0.2) is 41.5 Å². The number of ether oxygens (including phenoxy) is 2. The predicted molar refractivity (Wildman–Crippen MR) is 110 cm³/mol. The number of rotatable bonds is 7. The zero-order chi connectivity index (χ0) is 22.5. The molecule has 0 radical (unpaired) electrons. The molecule has 0 unspecified atom stereocenters. The minimum atomic E-state index is -0.681. The second-order valence-electron chi connectivity index (χ2n) is 6.54. The molecule has 4 aromatic rings. The highest BCUT2D eigenvalue weighted by molar-refractivity contribution is 5.73. The van der Waals surface area contributed by atoms with Gasteiger partial charge in [0.05, 0.1) is 11.9 Å². The molecule has 11 nitrogen and oxygen atoms in total. The molecule has 3 N–H and O–H groups in total. The van der Waals surface area contributed by atoms with Gasteiger partial charge in [-0.05, 0) is 42.0 Å². The molecule has 0 saturated heterocycles. The van der Waals surface area contributed by atoms with Gasteiger partial charge in [0.2, 0.25) is 5.82 Å². The van der Waals surface area contributed by atoms with Crippen LogP contribution in [0.25, 0.3) is 22.6 Å². The van der Waals surface area contributed by atoms with Crippen molar-refractivity contribution in [3.05, 3.63) is 48.5 Å².